The largest absolute Gasteiger partial charge is 0.317 e. The van der Waals surface area contributed by atoms with E-state index in [-0.39, 0.29) is 6.04 Å². The summed E-state index contributed by atoms with van der Waals surface area (Å²) in [6.45, 7) is 5.92. The Morgan fingerprint density at radius 3 is 2.55 bits per heavy atom. The first-order valence-electron chi connectivity index (χ1n) is 6.95. The third-order valence-electron chi connectivity index (χ3n) is 3.75. The zero-order valence-corrected chi connectivity index (χ0v) is 13.5. The first-order valence-corrected chi connectivity index (χ1v) is 8.77. The molecule has 0 amide bonds. The fourth-order valence-corrected chi connectivity index (χ4v) is 4.88. The van der Waals surface area contributed by atoms with Crippen LogP contribution in [0.15, 0.2) is 23.1 Å². The molecule has 0 unspecified atom stereocenters. The second kappa shape index (κ2) is 6.43. The molecule has 1 aromatic rings. The maximum Gasteiger partial charge on any atom is 0.243 e. The van der Waals surface area contributed by atoms with E-state index < -0.39 is 10.0 Å². The second-order valence-electron chi connectivity index (χ2n) is 5.10. The molecular formula is C14H21ClN2O2S. The van der Waals surface area contributed by atoms with Gasteiger partial charge in [-0.05, 0) is 56.6 Å². The highest BCUT2D eigenvalue weighted by Crippen LogP contribution is 2.26. The Labute approximate surface area is 126 Å². The molecule has 1 fully saturated rings. The van der Waals surface area contributed by atoms with Crippen LogP contribution >= 0.6 is 11.6 Å². The minimum Gasteiger partial charge on any atom is -0.317 e. The van der Waals surface area contributed by atoms with Crippen molar-refractivity contribution in [1.82, 2.24) is 9.62 Å². The fourth-order valence-electron chi connectivity index (χ4n) is 2.75. The third-order valence-corrected chi connectivity index (χ3v) is 6.17. The van der Waals surface area contributed by atoms with Gasteiger partial charge < -0.3 is 5.32 Å². The number of aryl methyl sites for hydroxylation is 1. The van der Waals surface area contributed by atoms with Crippen molar-refractivity contribution in [2.24, 2.45) is 0 Å². The van der Waals surface area contributed by atoms with Gasteiger partial charge in [0.05, 0.1) is 4.90 Å². The Morgan fingerprint density at radius 1 is 1.35 bits per heavy atom. The summed E-state index contributed by atoms with van der Waals surface area (Å²) in [5.74, 6) is 0. The molecule has 1 heterocycles. The van der Waals surface area contributed by atoms with Gasteiger partial charge >= 0.3 is 0 Å². The molecule has 1 aliphatic rings. The Balaban J connectivity index is 2.35. The van der Waals surface area contributed by atoms with Gasteiger partial charge in [-0.1, -0.05) is 18.5 Å². The van der Waals surface area contributed by atoms with Gasteiger partial charge in [0.2, 0.25) is 10.0 Å². The number of hydrogen-bond donors (Lipinski definition) is 1. The van der Waals surface area contributed by atoms with Crippen LogP contribution in [-0.2, 0) is 10.0 Å². The first-order chi connectivity index (χ1) is 9.46. The molecule has 1 aliphatic heterocycles. The van der Waals surface area contributed by atoms with Crippen LogP contribution in [0.3, 0.4) is 0 Å². The van der Waals surface area contributed by atoms with Crippen LogP contribution in [-0.4, -0.2) is 38.4 Å². The molecule has 0 bridgehead atoms. The third kappa shape index (κ3) is 3.17. The van der Waals surface area contributed by atoms with E-state index in [9.17, 15) is 8.42 Å². The molecule has 0 atom stereocenters. The Morgan fingerprint density at radius 2 is 2.00 bits per heavy atom. The molecule has 2 rings (SSSR count). The summed E-state index contributed by atoms with van der Waals surface area (Å²) in [5, 5.41) is 3.83. The van der Waals surface area contributed by atoms with Gasteiger partial charge in [0, 0.05) is 17.6 Å². The number of hydrogen-bond acceptors (Lipinski definition) is 3. The van der Waals surface area contributed by atoms with E-state index in [1.807, 2.05) is 6.92 Å². The topological polar surface area (TPSA) is 49.4 Å². The molecule has 112 valence electrons. The average molecular weight is 317 g/mol. The SMILES string of the molecule is CCN(C1CCNCC1)S(=O)(=O)c1ccc(Cl)cc1C. The van der Waals surface area contributed by atoms with E-state index in [1.54, 1.807) is 29.4 Å². The number of piperidine rings is 1. The summed E-state index contributed by atoms with van der Waals surface area (Å²) < 4.78 is 27.3. The number of halogens is 1. The molecule has 4 nitrogen and oxygen atoms in total. The Bertz CT molecular complexity index is 569. The van der Waals surface area contributed by atoms with E-state index in [2.05, 4.69) is 5.32 Å². The predicted octanol–water partition coefficient (Wildman–Crippen LogP) is 2.41. The lowest BCUT2D eigenvalue weighted by atomic mass is 10.1. The zero-order chi connectivity index (χ0) is 14.8. The summed E-state index contributed by atoms with van der Waals surface area (Å²) in [6.07, 6.45) is 1.72. The molecule has 0 radical (unpaired) electrons. The zero-order valence-electron chi connectivity index (χ0n) is 11.9. The number of rotatable bonds is 4. The maximum absolute atomic E-state index is 12.9. The molecule has 0 saturated carbocycles. The second-order valence-corrected chi connectivity index (χ2v) is 7.39. The number of nitrogens with one attached hydrogen (secondary N) is 1. The van der Waals surface area contributed by atoms with Crippen LogP contribution in [0, 0.1) is 6.92 Å². The summed E-state index contributed by atoms with van der Waals surface area (Å²) in [5.41, 5.74) is 0.699. The lowest BCUT2D eigenvalue weighted by Gasteiger charge is -2.33. The predicted molar refractivity (Wildman–Crippen MR) is 81.6 cm³/mol. The van der Waals surface area contributed by atoms with Gasteiger partial charge in [0.1, 0.15) is 0 Å². The van der Waals surface area contributed by atoms with E-state index >= 15 is 0 Å². The molecule has 6 heteroatoms. The number of nitrogens with zero attached hydrogens (tertiary/aromatic N) is 1. The summed E-state index contributed by atoms with van der Waals surface area (Å²) in [6, 6.07) is 5.03. The van der Waals surface area contributed by atoms with Crippen molar-refractivity contribution in [2.75, 3.05) is 19.6 Å². The molecule has 0 spiro atoms. The minimum absolute atomic E-state index is 0.0846. The Kier molecular flexibility index (Phi) is 5.07. The normalized spacial score (nSPS) is 17.6. The highest BCUT2D eigenvalue weighted by Gasteiger charge is 2.31. The minimum atomic E-state index is -3.45. The van der Waals surface area contributed by atoms with Crippen molar-refractivity contribution in [3.63, 3.8) is 0 Å². The molecule has 0 aromatic heterocycles. The van der Waals surface area contributed by atoms with Crippen LogP contribution < -0.4 is 5.32 Å². The van der Waals surface area contributed by atoms with E-state index in [0.717, 1.165) is 25.9 Å². The monoisotopic (exact) mass is 316 g/mol. The van der Waals surface area contributed by atoms with Gasteiger partial charge in [0.25, 0.3) is 0 Å². The summed E-state index contributed by atoms with van der Waals surface area (Å²) >= 11 is 5.91. The van der Waals surface area contributed by atoms with Crippen LogP contribution in [0.2, 0.25) is 5.02 Å². The molecule has 1 N–H and O–H groups in total. The average Bonchev–Trinajstić information content (AvgIpc) is 2.40. The van der Waals surface area contributed by atoms with Crippen molar-refractivity contribution in [1.29, 1.82) is 0 Å². The van der Waals surface area contributed by atoms with Crippen LogP contribution in [0.4, 0.5) is 0 Å². The van der Waals surface area contributed by atoms with E-state index in [0.29, 0.717) is 22.0 Å². The standard InChI is InChI=1S/C14H21ClN2O2S/c1-3-17(13-6-8-16-9-7-13)20(18,19)14-5-4-12(15)10-11(14)2/h4-5,10,13,16H,3,6-9H2,1-2H3. The molecule has 0 aliphatic carbocycles. The van der Waals surface area contributed by atoms with Crippen molar-refractivity contribution in [2.45, 2.75) is 37.6 Å². The van der Waals surface area contributed by atoms with Crippen LogP contribution in [0.1, 0.15) is 25.3 Å². The van der Waals surface area contributed by atoms with Crippen molar-refractivity contribution in [3.8, 4) is 0 Å². The first kappa shape index (κ1) is 15.8. The number of sulfonamides is 1. The van der Waals surface area contributed by atoms with Crippen LogP contribution in [0.5, 0.6) is 0 Å². The lowest BCUT2D eigenvalue weighted by molar-refractivity contribution is 0.270. The van der Waals surface area contributed by atoms with Gasteiger partial charge in [-0.15, -0.1) is 0 Å². The summed E-state index contributed by atoms with van der Waals surface area (Å²) in [7, 11) is -3.45. The van der Waals surface area contributed by atoms with Crippen LogP contribution in [0.25, 0.3) is 0 Å². The van der Waals surface area contributed by atoms with E-state index in [4.69, 9.17) is 11.6 Å². The molecule has 20 heavy (non-hydrogen) atoms. The summed E-state index contributed by atoms with van der Waals surface area (Å²) in [4.78, 5) is 0.363. The smallest absolute Gasteiger partial charge is 0.243 e. The van der Waals surface area contributed by atoms with Crippen molar-refractivity contribution in [3.05, 3.63) is 28.8 Å². The molecular weight excluding hydrogens is 296 g/mol. The molecule has 1 aromatic carbocycles. The van der Waals surface area contributed by atoms with Crippen molar-refractivity contribution < 1.29 is 8.42 Å². The fraction of sp³-hybridized carbons (Fsp3) is 0.571. The highest BCUT2D eigenvalue weighted by molar-refractivity contribution is 7.89. The quantitative estimate of drug-likeness (QED) is 0.928. The van der Waals surface area contributed by atoms with Gasteiger partial charge in [-0.2, -0.15) is 4.31 Å². The van der Waals surface area contributed by atoms with Gasteiger partial charge in [-0.25, -0.2) is 8.42 Å². The van der Waals surface area contributed by atoms with Gasteiger partial charge in [0.15, 0.2) is 0 Å². The Hall–Kier alpha value is -0.620. The van der Waals surface area contributed by atoms with Crippen molar-refractivity contribution >= 4 is 21.6 Å². The van der Waals surface area contributed by atoms with Gasteiger partial charge in [-0.3, -0.25) is 0 Å². The lowest BCUT2D eigenvalue weighted by Crippen LogP contribution is -2.46. The van der Waals surface area contributed by atoms with E-state index in [1.165, 1.54) is 0 Å². The molecule has 1 saturated heterocycles. The maximum atomic E-state index is 12.9. The highest BCUT2D eigenvalue weighted by atomic mass is 35.5. The number of benzene rings is 1.